The van der Waals surface area contributed by atoms with E-state index in [0.29, 0.717) is 28.5 Å². The van der Waals surface area contributed by atoms with Crippen molar-refractivity contribution < 1.29 is 24.9 Å². The molecule has 0 aliphatic heterocycles. The van der Waals surface area contributed by atoms with Crippen LogP contribution in [0.4, 0.5) is 10.3 Å². The van der Waals surface area contributed by atoms with Gasteiger partial charge in [0.1, 0.15) is 10.0 Å². The number of amides is 2. The molecule has 4 rings (SSSR count). The molecule has 198 valence electrons. The van der Waals surface area contributed by atoms with Crippen LogP contribution in [0, 0.1) is 0 Å². The first-order valence-corrected chi connectivity index (χ1v) is 14.2. The number of nitrogens with zero attached hydrogens (tertiary/aromatic N) is 4. The number of carbonyl (C=O) groups excluding carboxylic acids is 2. The summed E-state index contributed by atoms with van der Waals surface area (Å²) in [5.41, 5.74) is 0.548. The Labute approximate surface area is 230 Å². The van der Waals surface area contributed by atoms with Crippen LogP contribution in [0.15, 0.2) is 60.7 Å². The summed E-state index contributed by atoms with van der Waals surface area (Å²) in [7, 11) is 0. The molecule has 1 atom stereocenters. The normalized spacial score (nSPS) is 12.2. The predicted molar refractivity (Wildman–Crippen MR) is 146 cm³/mol. The number of aryl methyl sites for hydroxylation is 2. The standard InChI is InChI=1S/C24H24N6O5S3/c31-19(15-7-3-1-4-8-15)20(32)25-22-29-27-17(37-22)11-13-36-14-12-18-28-30-23(38-18)26-21(33)24(34,35)16-9-5-2-6-10-16/h1-10,19,31,34-35H,11-14H2,(H,25,29,32)(H,26,30,33)/t19-/m0/s1. The van der Waals surface area contributed by atoms with Crippen molar-refractivity contribution in [2.24, 2.45) is 0 Å². The van der Waals surface area contributed by atoms with Gasteiger partial charge in [-0.1, -0.05) is 83.3 Å². The topological polar surface area (TPSA) is 170 Å². The second-order valence-electron chi connectivity index (χ2n) is 7.91. The van der Waals surface area contributed by atoms with E-state index < -0.39 is 23.7 Å². The van der Waals surface area contributed by atoms with Crippen LogP contribution in [-0.4, -0.2) is 59.0 Å². The molecule has 0 saturated heterocycles. The zero-order chi connectivity index (χ0) is 27.0. The Morgan fingerprint density at radius 1 is 0.816 bits per heavy atom. The van der Waals surface area contributed by atoms with Gasteiger partial charge in [-0.3, -0.25) is 20.2 Å². The van der Waals surface area contributed by atoms with Gasteiger partial charge in [0.05, 0.1) is 0 Å². The first kappa shape index (κ1) is 27.8. The van der Waals surface area contributed by atoms with Crippen LogP contribution in [0.25, 0.3) is 0 Å². The summed E-state index contributed by atoms with van der Waals surface area (Å²) in [5.74, 6) is -2.74. The van der Waals surface area contributed by atoms with Crippen LogP contribution < -0.4 is 10.6 Å². The lowest BCUT2D eigenvalue weighted by Crippen LogP contribution is -2.40. The summed E-state index contributed by atoms with van der Waals surface area (Å²) in [5, 5.41) is 53.5. The third kappa shape index (κ3) is 7.40. The lowest BCUT2D eigenvalue weighted by Gasteiger charge is -2.19. The minimum Gasteiger partial charge on any atom is -0.378 e. The van der Waals surface area contributed by atoms with E-state index in [9.17, 15) is 24.9 Å². The highest BCUT2D eigenvalue weighted by molar-refractivity contribution is 7.99. The molecular weight excluding hydrogens is 549 g/mol. The highest BCUT2D eigenvalue weighted by Gasteiger charge is 2.36. The van der Waals surface area contributed by atoms with E-state index in [4.69, 9.17) is 0 Å². The van der Waals surface area contributed by atoms with Crippen LogP contribution in [0.1, 0.15) is 27.2 Å². The molecule has 0 radical (unpaired) electrons. The van der Waals surface area contributed by atoms with Crippen LogP contribution in [-0.2, 0) is 28.2 Å². The molecule has 2 aromatic carbocycles. The maximum atomic E-state index is 12.3. The molecule has 2 aromatic heterocycles. The van der Waals surface area contributed by atoms with E-state index in [2.05, 4.69) is 31.0 Å². The van der Waals surface area contributed by atoms with Crippen molar-refractivity contribution in [3.05, 3.63) is 81.8 Å². The lowest BCUT2D eigenvalue weighted by molar-refractivity contribution is -0.183. The SMILES string of the molecule is O=C(Nc1nnc(CCSCCc2nnc(NC(=O)C(O)(O)c3ccccc3)s2)s1)[C@@H](O)c1ccccc1. The average Bonchev–Trinajstić information content (AvgIpc) is 3.58. The summed E-state index contributed by atoms with van der Waals surface area (Å²) in [4.78, 5) is 24.6. The van der Waals surface area contributed by atoms with E-state index in [1.54, 1.807) is 60.3 Å². The van der Waals surface area contributed by atoms with Crippen LogP contribution in [0.5, 0.6) is 0 Å². The van der Waals surface area contributed by atoms with Gasteiger partial charge in [0, 0.05) is 18.4 Å². The maximum absolute atomic E-state index is 12.3. The molecule has 38 heavy (non-hydrogen) atoms. The Morgan fingerprint density at radius 3 is 1.92 bits per heavy atom. The van der Waals surface area contributed by atoms with Crippen molar-refractivity contribution in [2.45, 2.75) is 24.7 Å². The summed E-state index contributed by atoms with van der Waals surface area (Å²) in [6.07, 6.45) is -0.00691. The van der Waals surface area contributed by atoms with Crippen molar-refractivity contribution in [3.63, 3.8) is 0 Å². The number of carbonyl (C=O) groups is 2. The number of aromatic nitrogens is 4. The molecule has 0 spiro atoms. The Hall–Kier alpha value is -3.27. The van der Waals surface area contributed by atoms with E-state index in [-0.39, 0.29) is 10.7 Å². The molecule has 0 fully saturated rings. The van der Waals surface area contributed by atoms with Crippen molar-refractivity contribution in [2.75, 3.05) is 22.1 Å². The van der Waals surface area contributed by atoms with Crippen molar-refractivity contribution in [1.29, 1.82) is 0 Å². The fourth-order valence-corrected chi connectivity index (χ4v) is 5.79. The maximum Gasteiger partial charge on any atom is 0.291 e. The Balaban J connectivity index is 1.16. The van der Waals surface area contributed by atoms with Gasteiger partial charge in [-0.15, -0.1) is 20.4 Å². The van der Waals surface area contributed by atoms with Crippen LogP contribution in [0.3, 0.4) is 0 Å². The molecule has 0 unspecified atom stereocenters. The van der Waals surface area contributed by atoms with Crippen molar-refractivity contribution in [1.82, 2.24) is 20.4 Å². The molecule has 0 bridgehead atoms. The van der Waals surface area contributed by atoms with Crippen LogP contribution in [0.2, 0.25) is 0 Å². The van der Waals surface area contributed by atoms with Gasteiger partial charge in [-0.05, 0) is 17.1 Å². The minimum atomic E-state index is -2.68. The average molecular weight is 573 g/mol. The molecule has 4 aromatic rings. The highest BCUT2D eigenvalue weighted by atomic mass is 32.2. The van der Waals surface area contributed by atoms with Crippen LogP contribution >= 0.6 is 34.4 Å². The zero-order valence-electron chi connectivity index (χ0n) is 19.9. The zero-order valence-corrected chi connectivity index (χ0v) is 22.3. The summed E-state index contributed by atoms with van der Waals surface area (Å²) >= 11 is 4.10. The largest absolute Gasteiger partial charge is 0.378 e. The van der Waals surface area contributed by atoms with E-state index in [0.717, 1.165) is 16.5 Å². The molecule has 14 heteroatoms. The fraction of sp³-hybridized carbons (Fsp3) is 0.250. The second kappa shape index (κ2) is 13.0. The number of nitrogens with one attached hydrogen (secondary N) is 2. The number of anilines is 2. The Bertz CT molecular complexity index is 1350. The second-order valence-corrected chi connectivity index (χ2v) is 11.3. The van der Waals surface area contributed by atoms with Gasteiger partial charge in [0.15, 0.2) is 6.10 Å². The van der Waals surface area contributed by atoms with Crippen molar-refractivity contribution >= 4 is 56.5 Å². The molecular formula is C24H24N6O5S3. The van der Waals surface area contributed by atoms with Gasteiger partial charge in [0.25, 0.3) is 17.6 Å². The van der Waals surface area contributed by atoms with E-state index in [1.807, 2.05) is 0 Å². The number of benzene rings is 2. The number of aliphatic hydroxyl groups is 3. The third-order valence-electron chi connectivity index (χ3n) is 5.16. The third-order valence-corrected chi connectivity index (χ3v) is 7.94. The highest BCUT2D eigenvalue weighted by Crippen LogP contribution is 2.24. The lowest BCUT2D eigenvalue weighted by atomic mass is 10.1. The molecule has 11 nitrogen and oxygen atoms in total. The number of thioether (sulfide) groups is 1. The van der Waals surface area contributed by atoms with Gasteiger partial charge < -0.3 is 15.3 Å². The first-order valence-electron chi connectivity index (χ1n) is 11.4. The van der Waals surface area contributed by atoms with E-state index >= 15 is 0 Å². The first-order chi connectivity index (χ1) is 18.3. The summed E-state index contributed by atoms with van der Waals surface area (Å²) in [6, 6.07) is 16.4. The molecule has 0 aliphatic rings. The van der Waals surface area contributed by atoms with Crippen molar-refractivity contribution in [3.8, 4) is 0 Å². The van der Waals surface area contributed by atoms with Gasteiger partial charge >= 0.3 is 0 Å². The smallest absolute Gasteiger partial charge is 0.291 e. The molecule has 0 saturated carbocycles. The fourth-order valence-electron chi connectivity index (χ4n) is 3.18. The Morgan fingerprint density at radius 2 is 1.34 bits per heavy atom. The Kier molecular flexibility index (Phi) is 9.49. The van der Waals surface area contributed by atoms with Gasteiger partial charge in [-0.2, -0.15) is 11.8 Å². The van der Waals surface area contributed by atoms with Gasteiger partial charge in [0.2, 0.25) is 10.3 Å². The molecule has 2 heterocycles. The number of hydrogen-bond donors (Lipinski definition) is 5. The number of rotatable bonds is 12. The molecule has 2 amide bonds. The predicted octanol–water partition coefficient (Wildman–Crippen LogP) is 2.36. The molecule has 5 N–H and O–H groups in total. The monoisotopic (exact) mass is 572 g/mol. The summed E-state index contributed by atoms with van der Waals surface area (Å²) < 4.78 is 0. The number of aliphatic hydroxyl groups excluding tert-OH is 1. The summed E-state index contributed by atoms with van der Waals surface area (Å²) in [6.45, 7) is 0. The number of hydrogen-bond acceptors (Lipinski definition) is 12. The molecule has 0 aliphatic carbocycles. The van der Waals surface area contributed by atoms with Gasteiger partial charge in [-0.25, -0.2) is 0 Å². The minimum absolute atomic E-state index is 0.0494. The van der Waals surface area contributed by atoms with E-state index in [1.165, 1.54) is 34.8 Å². The quantitative estimate of drug-likeness (QED) is 0.125.